The van der Waals surface area contributed by atoms with Crippen molar-refractivity contribution < 1.29 is 14.3 Å². The van der Waals surface area contributed by atoms with Crippen LogP contribution in [-0.4, -0.2) is 41.2 Å². The van der Waals surface area contributed by atoms with Gasteiger partial charge in [0.1, 0.15) is 11.5 Å². The highest BCUT2D eigenvalue weighted by atomic mass is 16.7. The van der Waals surface area contributed by atoms with E-state index in [2.05, 4.69) is 22.2 Å². The van der Waals surface area contributed by atoms with Gasteiger partial charge in [0.15, 0.2) is 11.5 Å². The molecule has 1 aliphatic rings. The molecular weight excluding hydrogens is 320 g/mol. The Morgan fingerprint density at radius 3 is 2.84 bits per heavy atom. The standard InChI is InChI=1S/C18H22N4O3/c1-3-4-7-22(2)18(23)14-10-21-17(11-19-14)20-9-13-5-6-15-16(8-13)25-12-24-15/h5-6,8,10-11H,3-4,7,9,12H2,1-2H3,(H,20,21). The van der Waals surface area contributed by atoms with E-state index in [9.17, 15) is 4.79 Å². The van der Waals surface area contributed by atoms with Crippen molar-refractivity contribution in [2.45, 2.75) is 26.3 Å². The number of unbranched alkanes of at least 4 members (excludes halogenated alkanes) is 1. The predicted octanol–water partition coefficient (Wildman–Crippen LogP) is 2.69. The lowest BCUT2D eigenvalue weighted by Crippen LogP contribution is -2.28. The van der Waals surface area contributed by atoms with Crippen molar-refractivity contribution in [2.75, 3.05) is 25.7 Å². The Balaban J connectivity index is 1.56. The zero-order valence-corrected chi connectivity index (χ0v) is 14.5. The second-order valence-corrected chi connectivity index (χ2v) is 5.91. The van der Waals surface area contributed by atoms with E-state index in [4.69, 9.17) is 9.47 Å². The van der Waals surface area contributed by atoms with E-state index in [1.807, 2.05) is 18.2 Å². The number of rotatable bonds is 7. The summed E-state index contributed by atoms with van der Waals surface area (Å²) in [5, 5.41) is 3.19. The van der Waals surface area contributed by atoms with Gasteiger partial charge in [0.2, 0.25) is 6.79 Å². The first-order chi connectivity index (χ1) is 12.2. The summed E-state index contributed by atoms with van der Waals surface area (Å²) in [5.41, 5.74) is 1.40. The van der Waals surface area contributed by atoms with E-state index in [1.54, 1.807) is 18.1 Å². The van der Waals surface area contributed by atoms with Crippen LogP contribution >= 0.6 is 0 Å². The SMILES string of the molecule is CCCCN(C)C(=O)c1cnc(NCc2ccc3c(c2)OCO3)cn1. The van der Waals surface area contributed by atoms with Crippen molar-refractivity contribution in [3.8, 4) is 11.5 Å². The molecule has 0 aliphatic carbocycles. The molecule has 1 aliphatic heterocycles. The molecule has 0 spiro atoms. The quantitative estimate of drug-likeness (QED) is 0.834. The highest BCUT2D eigenvalue weighted by molar-refractivity contribution is 5.91. The summed E-state index contributed by atoms with van der Waals surface area (Å²) in [4.78, 5) is 22.4. The molecule has 2 aromatic rings. The van der Waals surface area contributed by atoms with Gasteiger partial charge in [-0.25, -0.2) is 9.97 Å². The van der Waals surface area contributed by atoms with Crippen LogP contribution in [0.4, 0.5) is 5.82 Å². The maximum absolute atomic E-state index is 12.2. The number of fused-ring (bicyclic) bond motifs is 1. The Bertz CT molecular complexity index is 734. The van der Waals surface area contributed by atoms with E-state index >= 15 is 0 Å². The largest absolute Gasteiger partial charge is 0.454 e. The summed E-state index contributed by atoms with van der Waals surface area (Å²) in [6, 6.07) is 5.79. The van der Waals surface area contributed by atoms with Crippen LogP contribution in [0.2, 0.25) is 0 Å². The minimum Gasteiger partial charge on any atom is -0.454 e. The molecule has 1 amide bonds. The predicted molar refractivity (Wildman–Crippen MR) is 93.8 cm³/mol. The number of hydrogen-bond donors (Lipinski definition) is 1. The van der Waals surface area contributed by atoms with E-state index in [1.165, 1.54) is 6.20 Å². The number of nitrogens with one attached hydrogen (secondary N) is 1. The summed E-state index contributed by atoms with van der Waals surface area (Å²) in [6.45, 7) is 3.66. The van der Waals surface area contributed by atoms with Crippen molar-refractivity contribution in [1.29, 1.82) is 0 Å². The third-order valence-electron chi connectivity index (χ3n) is 3.98. The van der Waals surface area contributed by atoms with Gasteiger partial charge in [-0.05, 0) is 24.1 Å². The zero-order chi connectivity index (χ0) is 17.6. The molecule has 1 N–H and O–H groups in total. The molecule has 3 rings (SSSR count). The Morgan fingerprint density at radius 2 is 2.08 bits per heavy atom. The molecule has 25 heavy (non-hydrogen) atoms. The monoisotopic (exact) mass is 342 g/mol. The summed E-state index contributed by atoms with van der Waals surface area (Å²) < 4.78 is 10.7. The van der Waals surface area contributed by atoms with Gasteiger partial charge in [0, 0.05) is 20.1 Å². The molecule has 2 heterocycles. The molecule has 1 aromatic carbocycles. The summed E-state index contributed by atoms with van der Waals surface area (Å²) in [7, 11) is 1.78. The number of nitrogens with zero attached hydrogens (tertiary/aromatic N) is 3. The van der Waals surface area contributed by atoms with Crippen molar-refractivity contribution in [1.82, 2.24) is 14.9 Å². The summed E-state index contributed by atoms with van der Waals surface area (Å²) in [5.74, 6) is 2.02. The number of ether oxygens (including phenoxy) is 2. The minimum absolute atomic E-state index is 0.108. The number of carbonyl (C=O) groups excluding carboxylic acids is 1. The third kappa shape index (κ3) is 4.17. The summed E-state index contributed by atoms with van der Waals surface area (Å²) in [6.07, 6.45) is 5.11. The molecule has 132 valence electrons. The normalized spacial score (nSPS) is 12.1. The Morgan fingerprint density at radius 1 is 1.24 bits per heavy atom. The van der Waals surface area contributed by atoms with Crippen LogP contribution in [0.3, 0.4) is 0 Å². The Hall–Kier alpha value is -2.83. The Kier molecular flexibility index (Phi) is 5.33. The van der Waals surface area contributed by atoms with Crippen molar-refractivity contribution in [2.24, 2.45) is 0 Å². The fraction of sp³-hybridized carbons (Fsp3) is 0.389. The van der Waals surface area contributed by atoms with Gasteiger partial charge in [0.05, 0.1) is 12.4 Å². The minimum atomic E-state index is -0.108. The first-order valence-corrected chi connectivity index (χ1v) is 8.37. The van der Waals surface area contributed by atoms with E-state index in [0.717, 1.165) is 36.4 Å². The number of aromatic nitrogens is 2. The number of amides is 1. The first kappa shape index (κ1) is 17.0. The van der Waals surface area contributed by atoms with Gasteiger partial charge in [-0.1, -0.05) is 19.4 Å². The fourth-order valence-corrected chi connectivity index (χ4v) is 2.47. The van der Waals surface area contributed by atoms with Gasteiger partial charge in [0.25, 0.3) is 5.91 Å². The van der Waals surface area contributed by atoms with E-state index < -0.39 is 0 Å². The molecule has 0 atom stereocenters. The van der Waals surface area contributed by atoms with Crippen molar-refractivity contribution in [3.63, 3.8) is 0 Å². The molecule has 0 bridgehead atoms. The highest BCUT2D eigenvalue weighted by Crippen LogP contribution is 2.32. The Labute approximate surface area is 147 Å². The number of carbonyl (C=O) groups is 1. The second-order valence-electron chi connectivity index (χ2n) is 5.91. The molecule has 0 unspecified atom stereocenters. The van der Waals surface area contributed by atoms with Crippen LogP contribution in [0, 0.1) is 0 Å². The average Bonchev–Trinajstić information content (AvgIpc) is 3.12. The molecule has 0 saturated carbocycles. The fourth-order valence-electron chi connectivity index (χ4n) is 2.47. The highest BCUT2D eigenvalue weighted by Gasteiger charge is 2.14. The lowest BCUT2D eigenvalue weighted by atomic mass is 10.2. The molecule has 7 nitrogen and oxygen atoms in total. The average molecular weight is 342 g/mol. The number of anilines is 1. The van der Waals surface area contributed by atoms with Crippen LogP contribution in [0.15, 0.2) is 30.6 Å². The van der Waals surface area contributed by atoms with E-state index in [0.29, 0.717) is 18.1 Å². The molecule has 0 fully saturated rings. The zero-order valence-electron chi connectivity index (χ0n) is 14.5. The van der Waals surface area contributed by atoms with Gasteiger partial charge in [-0.2, -0.15) is 0 Å². The van der Waals surface area contributed by atoms with Gasteiger partial charge in [-0.3, -0.25) is 4.79 Å². The number of benzene rings is 1. The van der Waals surface area contributed by atoms with Crippen LogP contribution < -0.4 is 14.8 Å². The number of hydrogen-bond acceptors (Lipinski definition) is 6. The van der Waals surface area contributed by atoms with Crippen LogP contribution in [0.25, 0.3) is 0 Å². The van der Waals surface area contributed by atoms with Crippen LogP contribution in [-0.2, 0) is 6.54 Å². The van der Waals surface area contributed by atoms with Gasteiger partial charge < -0.3 is 19.7 Å². The maximum atomic E-state index is 12.2. The van der Waals surface area contributed by atoms with Crippen molar-refractivity contribution in [3.05, 3.63) is 41.9 Å². The molecular formula is C18H22N4O3. The van der Waals surface area contributed by atoms with Crippen LogP contribution in [0.5, 0.6) is 11.5 Å². The van der Waals surface area contributed by atoms with E-state index in [-0.39, 0.29) is 12.7 Å². The molecule has 1 aromatic heterocycles. The molecule has 7 heteroatoms. The third-order valence-corrected chi connectivity index (χ3v) is 3.98. The van der Waals surface area contributed by atoms with Gasteiger partial charge in [-0.15, -0.1) is 0 Å². The van der Waals surface area contributed by atoms with Crippen LogP contribution in [0.1, 0.15) is 35.8 Å². The smallest absolute Gasteiger partial charge is 0.273 e. The lowest BCUT2D eigenvalue weighted by molar-refractivity contribution is 0.0787. The van der Waals surface area contributed by atoms with Gasteiger partial charge >= 0.3 is 0 Å². The molecule has 0 saturated heterocycles. The second kappa shape index (κ2) is 7.83. The summed E-state index contributed by atoms with van der Waals surface area (Å²) >= 11 is 0. The topological polar surface area (TPSA) is 76.6 Å². The lowest BCUT2D eigenvalue weighted by Gasteiger charge is -2.16. The maximum Gasteiger partial charge on any atom is 0.273 e. The molecule has 0 radical (unpaired) electrons. The first-order valence-electron chi connectivity index (χ1n) is 8.37. The van der Waals surface area contributed by atoms with Crippen molar-refractivity contribution >= 4 is 11.7 Å².